The molecule has 1 saturated heterocycles. The van der Waals surface area contributed by atoms with Crippen LogP contribution < -0.4 is 10.1 Å². The van der Waals surface area contributed by atoms with E-state index in [4.69, 9.17) is 4.74 Å². The van der Waals surface area contributed by atoms with Gasteiger partial charge in [0.05, 0.1) is 11.8 Å². The zero-order chi connectivity index (χ0) is 20.8. The van der Waals surface area contributed by atoms with Crippen LogP contribution >= 0.6 is 11.8 Å². The van der Waals surface area contributed by atoms with E-state index in [1.807, 2.05) is 19.1 Å². The Morgan fingerprint density at radius 2 is 1.97 bits per heavy atom. The summed E-state index contributed by atoms with van der Waals surface area (Å²) < 4.78 is 5.73. The van der Waals surface area contributed by atoms with Crippen LogP contribution in [0, 0.1) is 0 Å². The highest BCUT2D eigenvalue weighted by molar-refractivity contribution is 8.15. The minimum atomic E-state index is -0.400. The van der Waals surface area contributed by atoms with Crippen molar-refractivity contribution in [1.29, 1.82) is 0 Å². The lowest BCUT2D eigenvalue weighted by atomic mass is 10.1. The maximum atomic E-state index is 12.2. The van der Waals surface area contributed by atoms with Crippen LogP contribution in [0.2, 0.25) is 0 Å². The third-order valence-corrected chi connectivity index (χ3v) is 5.60. The number of unbranched alkanes of at least 4 members (excludes halogenated alkanes) is 1. The normalized spacial score (nSPS) is 19.4. The van der Waals surface area contributed by atoms with Crippen LogP contribution in [0.3, 0.4) is 0 Å². The number of carbonyl (C=O) groups is 4. The van der Waals surface area contributed by atoms with E-state index in [0.717, 1.165) is 30.2 Å². The van der Waals surface area contributed by atoms with E-state index in [1.165, 1.54) is 0 Å². The fraction of sp³-hybridized carbons (Fsp3) is 0.450. The molecule has 3 rings (SSSR count). The Balaban J connectivity index is 1.51. The van der Waals surface area contributed by atoms with E-state index in [0.29, 0.717) is 31.0 Å². The van der Waals surface area contributed by atoms with E-state index in [1.54, 1.807) is 17.0 Å². The molecule has 1 N–H and O–H groups in total. The number of amidine groups is 1. The van der Waals surface area contributed by atoms with Crippen molar-refractivity contribution in [1.82, 2.24) is 10.2 Å². The van der Waals surface area contributed by atoms with Crippen molar-refractivity contribution in [2.45, 2.75) is 44.3 Å². The van der Waals surface area contributed by atoms with Gasteiger partial charge < -0.3 is 4.74 Å². The summed E-state index contributed by atoms with van der Waals surface area (Å²) in [5.41, 5.74) is 0.929. The van der Waals surface area contributed by atoms with E-state index < -0.39 is 5.25 Å². The maximum absolute atomic E-state index is 12.2. The van der Waals surface area contributed by atoms with Crippen LogP contribution in [-0.2, 0) is 20.8 Å². The number of benzene rings is 1. The van der Waals surface area contributed by atoms with E-state index >= 15 is 0 Å². The predicted octanol–water partition coefficient (Wildman–Crippen LogP) is 2.31. The number of amides is 4. The van der Waals surface area contributed by atoms with Crippen molar-refractivity contribution >= 4 is 40.6 Å². The summed E-state index contributed by atoms with van der Waals surface area (Å²) in [6.45, 7) is 2.65. The molecule has 0 aromatic heterocycles. The number of rotatable bonds is 9. The molecule has 0 aliphatic carbocycles. The summed E-state index contributed by atoms with van der Waals surface area (Å²) in [4.78, 5) is 52.2. The Kier molecular flexibility index (Phi) is 7.03. The third-order valence-electron chi connectivity index (χ3n) is 4.62. The fourth-order valence-electron chi connectivity index (χ4n) is 3.11. The zero-order valence-electron chi connectivity index (χ0n) is 16.2. The van der Waals surface area contributed by atoms with Gasteiger partial charge in [-0.3, -0.25) is 29.4 Å². The number of ether oxygens (including phenoxy) is 1. The van der Waals surface area contributed by atoms with Crippen molar-refractivity contribution < 1.29 is 23.9 Å². The minimum Gasteiger partial charge on any atom is -0.492 e. The molecular formula is C20H23N3O5S. The van der Waals surface area contributed by atoms with Crippen molar-refractivity contribution in [3.63, 3.8) is 0 Å². The molecule has 8 nitrogen and oxygen atoms in total. The first-order valence-electron chi connectivity index (χ1n) is 9.60. The Hall–Kier alpha value is -2.68. The standard InChI is InChI=1S/C20H23N3O5S/c1-2-3-4-16-21-17(24)12-18(25)23(16)9-10-28-14-7-5-13(6-8-14)11-15-19(26)22-20(27)29-15/h5-8,15H,2-4,9-12H2,1H3,(H,22,26,27). The van der Waals surface area contributed by atoms with Gasteiger partial charge in [-0.2, -0.15) is 4.99 Å². The van der Waals surface area contributed by atoms with E-state index in [9.17, 15) is 19.2 Å². The summed E-state index contributed by atoms with van der Waals surface area (Å²) >= 11 is 1.00. The van der Waals surface area contributed by atoms with Gasteiger partial charge in [-0.05, 0) is 30.5 Å². The molecule has 0 radical (unpaired) electrons. The summed E-state index contributed by atoms with van der Waals surface area (Å²) in [5, 5.41) is 1.57. The van der Waals surface area contributed by atoms with Gasteiger partial charge in [0, 0.05) is 6.42 Å². The van der Waals surface area contributed by atoms with Gasteiger partial charge in [-0.15, -0.1) is 0 Å². The van der Waals surface area contributed by atoms with Gasteiger partial charge in [-0.25, -0.2) is 0 Å². The molecule has 0 spiro atoms. The molecule has 2 aliphatic heterocycles. The van der Waals surface area contributed by atoms with Crippen molar-refractivity contribution in [2.75, 3.05) is 13.2 Å². The second-order valence-electron chi connectivity index (χ2n) is 6.83. The number of hydrogen-bond donors (Lipinski definition) is 1. The number of hydrogen-bond acceptors (Lipinski definition) is 6. The Morgan fingerprint density at radius 1 is 1.21 bits per heavy atom. The topological polar surface area (TPSA) is 105 Å². The summed E-state index contributed by atoms with van der Waals surface area (Å²) in [5.74, 6) is 0.280. The molecule has 1 aromatic rings. The van der Waals surface area contributed by atoms with Crippen LogP contribution in [-0.4, -0.2) is 52.1 Å². The van der Waals surface area contributed by atoms with Gasteiger partial charge in [0.1, 0.15) is 24.6 Å². The monoisotopic (exact) mass is 417 g/mol. The molecule has 29 heavy (non-hydrogen) atoms. The Morgan fingerprint density at radius 3 is 2.62 bits per heavy atom. The number of thioether (sulfide) groups is 1. The average Bonchev–Trinajstić information content (AvgIpc) is 3.00. The lowest BCUT2D eigenvalue weighted by molar-refractivity contribution is -0.133. The van der Waals surface area contributed by atoms with Crippen molar-refractivity contribution in [3.8, 4) is 5.75 Å². The molecule has 1 unspecified atom stereocenters. The lowest BCUT2D eigenvalue weighted by Gasteiger charge is -2.26. The zero-order valence-corrected chi connectivity index (χ0v) is 17.0. The third kappa shape index (κ3) is 5.66. The highest BCUT2D eigenvalue weighted by Gasteiger charge is 2.31. The second kappa shape index (κ2) is 9.69. The van der Waals surface area contributed by atoms with Gasteiger partial charge in [-0.1, -0.05) is 37.2 Å². The largest absolute Gasteiger partial charge is 0.492 e. The SMILES string of the molecule is CCCCC1=NC(=O)CC(=O)N1CCOc1ccc(CC2SC(=O)NC2=O)cc1. The molecule has 0 bridgehead atoms. The van der Waals surface area contributed by atoms with E-state index in [2.05, 4.69) is 10.3 Å². The number of imide groups is 1. The quantitative estimate of drug-likeness (QED) is 0.618. The molecule has 1 atom stereocenters. The average molecular weight is 417 g/mol. The lowest BCUT2D eigenvalue weighted by Crippen LogP contribution is -2.43. The summed E-state index contributed by atoms with van der Waals surface area (Å²) in [6, 6.07) is 7.29. The van der Waals surface area contributed by atoms with Crippen LogP contribution in [0.25, 0.3) is 0 Å². The Labute approximate surface area is 173 Å². The molecular weight excluding hydrogens is 394 g/mol. The maximum Gasteiger partial charge on any atom is 0.286 e. The van der Waals surface area contributed by atoms with Gasteiger partial charge in [0.15, 0.2) is 0 Å². The molecule has 4 amide bonds. The number of nitrogens with one attached hydrogen (secondary N) is 1. The summed E-state index contributed by atoms with van der Waals surface area (Å²) in [7, 11) is 0. The predicted molar refractivity (Wildman–Crippen MR) is 109 cm³/mol. The second-order valence-corrected chi connectivity index (χ2v) is 8.00. The van der Waals surface area contributed by atoms with Crippen molar-refractivity contribution in [2.24, 2.45) is 4.99 Å². The highest BCUT2D eigenvalue weighted by atomic mass is 32.2. The summed E-state index contributed by atoms with van der Waals surface area (Å²) in [6.07, 6.45) is 2.68. The Bertz CT molecular complexity index is 837. The first-order chi connectivity index (χ1) is 14.0. The number of carbonyl (C=O) groups excluding carboxylic acids is 4. The van der Waals surface area contributed by atoms with Crippen LogP contribution in [0.4, 0.5) is 4.79 Å². The molecule has 154 valence electrons. The van der Waals surface area contributed by atoms with Crippen LogP contribution in [0.1, 0.15) is 38.2 Å². The van der Waals surface area contributed by atoms with Gasteiger partial charge in [0.2, 0.25) is 11.8 Å². The molecule has 2 aliphatic rings. The highest BCUT2D eigenvalue weighted by Crippen LogP contribution is 2.24. The molecule has 9 heteroatoms. The molecule has 2 heterocycles. The molecule has 1 aromatic carbocycles. The minimum absolute atomic E-state index is 0.195. The van der Waals surface area contributed by atoms with E-state index in [-0.39, 0.29) is 36.0 Å². The van der Waals surface area contributed by atoms with Gasteiger partial charge in [0.25, 0.3) is 11.1 Å². The van der Waals surface area contributed by atoms with Crippen molar-refractivity contribution in [3.05, 3.63) is 29.8 Å². The first kappa shape index (κ1) is 21.0. The van der Waals surface area contributed by atoms with Gasteiger partial charge >= 0.3 is 0 Å². The first-order valence-corrected chi connectivity index (χ1v) is 10.5. The number of nitrogens with zero attached hydrogens (tertiary/aromatic N) is 2. The molecule has 1 fully saturated rings. The molecule has 0 saturated carbocycles. The van der Waals surface area contributed by atoms with Crippen LogP contribution in [0.15, 0.2) is 29.3 Å². The van der Waals surface area contributed by atoms with Crippen LogP contribution in [0.5, 0.6) is 5.75 Å². The number of aliphatic imine (C=N–C) groups is 1. The smallest absolute Gasteiger partial charge is 0.286 e. The fourth-order valence-corrected chi connectivity index (χ4v) is 3.97.